The van der Waals surface area contributed by atoms with Gasteiger partial charge in [-0.15, -0.1) is 0 Å². The van der Waals surface area contributed by atoms with Gasteiger partial charge >= 0.3 is 0 Å². The number of likely N-dealkylation sites (tertiary alicyclic amines) is 1. The van der Waals surface area contributed by atoms with E-state index in [1.165, 1.54) is 187 Å². The van der Waals surface area contributed by atoms with Crippen LogP contribution in [0.3, 0.4) is 0 Å². The quantitative estimate of drug-likeness (QED) is 0.126. The summed E-state index contributed by atoms with van der Waals surface area (Å²) in [5, 5.41) is 0. The van der Waals surface area contributed by atoms with E-state index >= 15 is 0 Å². The van der Waals surface area contributed by atoms with E-state index in [1.54, 1.807) is 0 Å². The molecule has 1 aliphatic heterocycles. The Hall–Kier alpha value is 0.250. The molecule has 1 aliphatic rings. The molecule has 0 amide bonds. The zero-order valence-corrected chi connectivity index (χ0v) is 24.7. The van der Waals surface area contributed by atoms with Crippen molar-refractivity contribution in [2.24, 2.45) is 5.92 Å². The zero-order valence-electron chi connectivity index (χ0n) is 24.0. The van der Waals surface area contributed by atoms with Crippen molar-refractivity contribution < 1.29 is 17.3 Å². The van der Waals surface area contributed by atoms with Crippen molar-refractivity contribution in [1.82, 2.24) is 0 Å². The summed E-state index contributed by atoms with van der Waals surface area (Å²) in [6.07, 6.45) is 38.5. The third-order valence-corrected chi connectivity index (χ3v) is 8.33. The Bertz CT molecular complexity index is 338. The van der Waals surface area contributed by atoms with Crippen molar-refractivity contribution in [2.75, 3.05) is 19.6 Å². The fourth-order valence-electron chi connectivity index (χ4n) is 5.98. The summed E-state index contributed by atoms with van der Waals surface area (Å²) in [6.45, 7) is 9.05. The summed E-state index contributed by atoms with van der Waals surface area (Å²) in [6, 6.07) is 0. The first-order chi connectivity index (χ1) is 16.4. The number of quaternary nitrogens is 1. The van der Waals surface area contributed by atoms with Gasteiger partial charge in [0.2, 0.25) is 0 Å². The van der Waals surface area contributed by atoms with Gasteiger partial charge in [-0.05, 0) is 19.3 Å². The highest BCUT2D eigenvalue weighted by atomic mass is 35.5. The molecule has 34 heavy (non-hydrogen) atoms. The minimum atomic E-state index is 0. The monoisotopic (exact) mass is 499 g/mol. The van der Waals surface area contributed by atoms with Crippen LogP contribution in [0, 0.1) is 5.92 Å². The molecule has 0 aliphatic carbocycles. The third kappa shape index (κ3) is 22.7. The zero-order chi connectivity index (χ0) is 23.7. The SMILES string of the molecule is CCCCCCCCCCCCCCC1CC[NH+](CCCCCCCCCCCCCC)C1.[Cl-]. The summed E-state index contributed by atoms with van der Waals surface area (Å²) in [5.74, 6) is 1.06. The third-order valence-electron chi connectivity index (χ3n) is 8.33. The lowest BCUT2D eigenvalue weighted by Gasteiger charge is -2.13. The maximum atomic E-state index is 2.31. The van der Waals surface area contributed by atoms with Crippen LogP contribution in [0.1, 0.15) is 181 Å². The summed E-state index contributed by atoms with van der Waals surface area (Å²) in [4.78, 5) is 1.94. The Balaban J connectivity index is 0.0000109. The van der Waals surface area contributed by atoms with Crippen LogP contribution < -0.4 is 17.3 Å². The number of halogens is 1. The first kappa shape index (κ1) is 34.2. The maximum absolute atomic E-state index is 2.31. The smallest absolute Gasteiger partial charge is 0.0801 e. The van der Waals surface area contributed by atoms with Crippen LogP contribution in [0.4, 0.5) is 0 Å². The van der Waals surface area contributed by atoms with Gasteiger partial charge in [0.25, 0.3) is 0 Å². The molecular weight excluding hydrogens is 434 g/mol. The normalized spacial score (nSPS) is 17.8. The molecule has 1 nitrogen and oxygen atoms in total. The van der Waals surface area contributed by atoms with Gasteiger partial charge in [-0.3, -0.25) is 0 Å². The second-order valence-electron chi connectivity index (χ2n) is 11.7. The molecule has 0 aromatic carbocycles. The number of hydrogen-bond donors (Lipinski definition) is 1. The topological polar surface area (TPSA) is 4.44 Å². The van der Waals surface area contributed by atoms with E-state index in [0.29, 0.717) is 0 Å². The lowest BCUT2D eigenvalue weighted by Crippen LogP contribution is -3.10. The lowest BCUT2D eigenvalue weighted by molar-refractivity contribution is -0.889. The lowest BCUT2D eigenvalue weighted by atomic mass is 9.99. The summed E-state index contributed by atoms with van der Waals surface area (Å²) < 4.78 is 0. The van der Waals surface area contributed by atoms with Crippen LogP contribution in [0.25, 0.3) is 0 Å². The van der Waals surface area contributed by atoms with E-state index in [1.807, 2.05) is 4.90 Å². The molecule has 0 radical (unpaired) electrons. The van der Waals surface area contributed by atoms with E-state index in [9.17, 15) is 0 Å². The second-order valence-corrected chi connectivity index (χ2v) is 11.7. The predicted octanol–water partition coefficient (Wildman–Crippen LogP) is 6.69. The van der Waals surface area contributed by atoms with Crippen molar-refractivity contribution in [2.45, 2.75) is 181 Å². The highest BCUT2D eigenvalue weighted by molar-refractivity contribution is 4.63. The molecule has 2 atom stereocenters. The molecule has 206 valence electrons. The molecule has 1 saturated heterocycles. The largest absolute Gasteiger partial charge is 1.00 e. The van der Waals surface area contributed by atoms with Crippen LogP contribution in [-0.2, 0) is 0 Å². The molecule has 1 heterocycles. The highest BCUT2D eigenvalue weighted by Gasteiger charge is 2.24. The highest BCUT2D eigenvalue weighted by Crippen LogP contribution is 2.17. The molecule has 0 bridgehead atoms. The van der Waals surface area contributed by atoms with Gasteiger partial charge in [0.15, 0.2) is 0 Å². The molecule has 0 aromatic heterocycles. The molecule has 2 unspecified atom stereocenters. The van der Waals surface area contributed by atoms with Crippen molar-refractivity contribution in [3.63, 3.8) is 0 Å². The summed E-state index contributed by atoms with van der Waals surface area (Å²) >= 11 is 0. The van der Waals surface area contributed by atoms with Gasteiger partial charge in [-0.25, -0.2) is 0 Å². The fraction of sp³-hybridized carbons (Fsp3) is 1.00. The molecule has 1 N–H and O–H groups in total. The van der Waals surface area contributed by atoms with Crippen LogP contribution in [0.2, 0.25) is 0 Å². The second kappa shape index (κ2) is 27.8. The van der Waals surface area contributed by atoms with Gasteiger partial charge in [-0.2, -0.15) is 0 Å². The van der Waals surface area contributed by atoms with E-state index in [-0.39, 0.29) is 12.4 Å². The Morgan fingerprint density at radius 3 is 1.24 bits per heavy atom. The van der Waals surface area contributed by atoms with E-state index < -0.39 is 0 Å². The van der Waals surface area contributed by atoms with Crippen molar-refractivity contribution in [3.8, 4) is 0 Å². The molecular formula is C32H66ClN. The summed E-state index contributed by atoms with van der Waals surface area (Å²) in [7, 11) is 0. The average Bonchev–Trinajstić information content (AvgIpc) is 3.28. The standard InChI is InChI=1S/C32H65N.ClH/c1-3-5-7-9-11-13-15-17-19-21-23-25-27-32-28-30-33(31-32)29-26-24-22-20-18-16-14-12-10-8-6-4-2;/h32H,3-31H2,1-2H3;1H. The minimum Gasteiger partial charge on any atom is -1.00 e. The van der Waals surface area contributed by atoms with Crippen molar-refractivity contribution in [1.29, 1.82) is 0 Å². The van der Waals surface area contributed by atoms with Gasteiger partial charge in [0.05, 0.1) is 19.6 Å². The Kier molecular flexibility index (Phi) is 28.0. The van der Waals surface area contributed by atoms with Crippen molar-refractivity contribution >= 4 is 0 Å². The number of hydrogen-bond acceptors (Lipinski definition) is 0. The van der Waals surface area contributed by atoms with Gasteiger partial charge in [0.1, 0.15) is 0 Å². The maximum Gasteiger partial charge on any atom is 0.0801 e. The van der Waals surface area contributed by atoms with Crippen LogP contribution in [0.5, 0.6) is 0 Å². The Morgan fingerprint density at radius 1 is 0.471 bits per heavy atom. The van der Waals surface area contributed by atoms with Crippen LogP contribution in [-0.4, -0.2) is 19.6 Å². The molecule has 2 heteroatoms. The van der Waals surface area contributed by atoms with E-state index in [4.69, 9.17) is 0 Å². The first-order valence-electron chi connectivity index (χ1n) is 16.2. The van der Waals surface area contributed by atoms with Gasteiger partial charge < -0.3 is 17.3 Å². The Labute approximate surface area is 223 Å². The van der Waals surface area contributed by atoms with E-state index in [0.717, 1.165) is 5.92 Å². The fourth-order valence-corrected chi connectivity index (χ4v) is 5.98. The van der Waals surface area contributed by atoms with Gasteiger partial charge in [0, 0.05) is 12.3 Å². The van der Waals surface area contributed by atoms with Crippen molar-refractivity contribution in [3.05, 3.63) is 0 Å². The predicted molar refractivity (Wildman–Crippen MR) is 150 cm³/mol. The molecule has 1 fully saturated rings. The molecule has 1 rings (SSSR count). The Morgan fingerprint density at radius 2 is 0.824 bits per heavy atom. The first-order valence-corrected chi connectivity index (χ1v) is 16.2. The molecule has 0 saturated carbocycles. The number of unbranched alkanes of at least 4 members (excludes halogenated alkanes) is 22. The summed E-state index contributed by atoms with van der Waals surface area (Å²) in [5.41, 5.74) is 0. The van der Waals surface area contributed by atoms with Crippen LogP contribution >= 0.6 is 0 Å². The van der Waals surface area contributed by atoms with Crippen LogP contribution in [0.15, 0.2) is 0 Å². The molecule has 0 aromatic rings. The number of nitrogens with one attached hydrogen (secondary N) is 1. The average molecular weight is 500 g/mol. The van der Waals surface area contributed by atoms with E-state index in [2.05, 4.69) is 13.8 Å². The molecule has 0 spiro atoms. The van der Waals surface area contributed by atoms with Gasteiger partial charge in [-0.1, -0.05) is 155 Å². The number of rotatable bonds is 26. The minimum absolute atomic E-state index is 0.